The Morgan fingerprint density at radius 3 is 2.75 bits per heavy atom. The molecule has 2 N–H and O–H groups in total. The number of nitrogen functional groups attached to an aromatic ring is 1. The molecule has 16 heavy (non-hydrogen) atoms. The third kappa shape index (κ3) is 2.43. The van der Waals surface area contributed by atoms with Gasteiger partial charge in [0.25, 0.3) is 0 Å². The Kier molecular flexibility index (Phi) is 3.26. The molecule has 0 bridgehead atoms. The van der Waals surface area contributed by atoms with E-state index in [1.165, 1.54) is 0 Å². The zero-order chi connectivity index (χ0) is 11.4. The van der Waals surface area contributed by atoms with Crippen LogP contribution >= 0.6 is 0 Å². The van der Waals surface area contributed by atoms with Crippen molar-refractivity contribution in [2.24, 2.45) is 0 Å². The molecular formula is C11H11N3OS. The summed E-state index contributed by atoms with van der Waals surface area (Å²) in [6.07, 6.45) is 4.96. The Labute approximate surface area is 96.0 Å². The molecule has 0 fully saturated rings. The standard InChI is InChI=1S/C11H11N3OS/c12-10-4-2-6-14-11(10)16(15)8-9-3-1-5-13-7-9/h1-7H,8,12H2. The molecule has 82 valence electrons. The molecule has 0 saturated carbocycles. The van der Waals surface area contributed by atoms with Crippen molar-refractivity contribution in [3.05, 3.63) is 48.4 Å². The Bertz CT molecular complexity index is 502. The van der Waals surface area contributed by atoms with E-state index in [4.69, 9.17) is 5.73 Å². The van der Waals surface area contributed by atoms with E-state index in [9.17, 15) is 4.21 Å². The van der Waals surface area contributed by atoms with Gasteiger partial charge in [-0.05, 0) is 23.8 Å². The quantitative estimate of drug-likeness (QED) is 0.869. The van der Waals surface area contributed by atoms with E-state index >= 15 is 0 Å². The first kappa shape index (κ1) is 10.8. The van der Waals surface area contributed by atoms with Gasteiger partial charge in [0, 0.05) is 18.6 Å². The third-order valence-electron chi connectivity index (χ3n) is 2.04. The number of rotatable bonds is 3. The number of pyridine rings is 2. The van der Waals surface area contributed by atoms with E-state index in [-0.39, 0.29) is 0 Å². The fourth-order valence-electron chi connectivity index (χ4n) is 1.30. The predicted octanol–water partition coefficient (Wildman–Crippen LogP) is 1.37. The number of nitrogens with zero attached hydrogens (tertiary/aromatic N) is 2. The average molecular weight is 233 g/mol. The maximum Gasteiger partial charge on any atom is 0.150 e. The maximum absolute atomic E-state index is 12.0. The second-order valence-electron chi connectivity index (χ2n) is 3.25. The highest BCUT2D eigenvalue weighted by Crippen LogP contribution is 2.15. The van der Waals surface area contributed by atoms with Crippen LogP contribution in [0.4, 0.5) is 5.69 Å². The van der Waals surface area contributed by atoms with Crippen molar-refractivity contribution in [3.63, 3.8) is 0 Å². The average Bonchev–Trinajstić information content (AvgIpc) is 2.31. The minimum atomic E-state index is -1.22. The van der Waals surface area contributed by atoms with E-state index < -0.39 is 10.8 Å². The molecule has 0 saturated heterocycles. The van der Waals surface area contributed by atoms with Gasteiger partial charge in [-0.15, -0.1) is 0 Å². The number of nitrogens with two attached hydrogens (primary N) is 1. The zero-order valence-corrected chi connectivity index (χ0v) is 9.35. The van der Waals surface area contributed by atoms with Crippen LogP contribution in [-0.4, -0.2) is 14.2 Å². The van der Waals surface area contributed by atoms with Crippen LogP contribution in [0.3, 0.4) is 0 Å². The molecule has 2 heterocycles. The fraction of sp³-hybridized carbons (Fsp3) is 0.0909. The minimum Gasteiger partial charge on any atom is -0.396 e. The largest absolute Gasteiger partial charge is 0.396 e. The number of aromatic nitrogens is 2. The molecule has 0 aliphatic heterocycles. The van der Waals surface area contributed by atoms with Crippen LogP contribution in [0, 0.1) is 0 Å². The molecule has 0 aliphatic carbocycles. The van der Waals surface area contributed by atoms with Gasteiger partial charge in [-0.1, -0.05) is 6.07 Å². The van der Waals surface area contributed by atoms with Crippen molar-refractivity contribution in [2.75, 3.05) is 5.73 Å². The first-order valence-electron chi connectivity index (χ1n) is 4.75. The van der Waals surface area contributed by atoms with Crippen molar-refractivity contribution >= 4 is 16.5 Å². The molecule has 4 nitrogen and oxygen atoms in total. The molecule has 0 radical (unpaired) electrons. The SMILES string of the molecule is Nc1cccnc1S(=O)Cc1cccnc1. The summed E-state index contributed by atoms with van der Waals surface area (Å²) in [4.78, 5) is 8.00. The Balaban J connectivity index is 2.19. The molecular weight excluding hydrogens is 222 g/mol. The van der Waals surface area contributed by atoms with Crippen LogP contribution in [-0.2, 0) is 16.6 Å². The lowest BCUT2D eigenvalue weighted by molar-refractivity contribution is 0.680. The van der Waals surface area contributed by atoms with Gasteiger partial charge in [0.2, 0.25) is 0 Å². The van der Waals surface area contributed by atoms with Gasteiger partial charge >= 0.3 is 0 Å². The maximum atomic E-state index is 12.0. The van der Waals surface area contributed by atoms with Gasteiger partial charge in [-0.3, -0.25) is 9.19 Å². The van der Waals surface area contributed by atoms with E-state index in [0.29, 0.717) is 16.5 Å². The predicted molar refractivity (Wildman–Crippen MR) is 63.0 cm³/mol. The summed E-state index contributed by atoms with van der Waals surface area (Å²) < 4.78 is 12.0. The van der Waals surface area contributed by atoms with Gasteiger partial charge in [0.15, 0.2) is 0 Å². The summed E-state index contributed by atoms with van der Waals surface area (Å²) in [5.74, 6) is 0.384. The van der Waals surface area contributed by atoms with Crippen LogP contribution in [0.25, 0.3) is 0 Å². The normalized spacial score (nSPS) is 12.2. The second kappa shape index (κ2) is 4.85. The van der Waals surface area contributed by atoms with Crippen molar-refractivity contribution in [1.82, 2.24) is 9.97 Å². The molecule has 1 atom stereocenters. The summed E-state index contributed by atoms with van der Waals surface area (Å²) in [6.45, 7) is 0. The molecule has 2 rings (SSSR count). The topological polar surface area (TPSA) is 68.9 Å². The Morgan fingerprint density at radius 2 is 2.06 bits per heavy atom. The van der Waals surface area contributed by atoms with Crippen LogP contribution in [0.5, 0.6) is 0 Å². The first-order chi connectivity index (χ1) is 7.77. The van der Waals surface area contributed by atoms with Crippen LogP contribution < -0.4 is 5.73 Å². The van der Waals surface area contributed by atoms with E-state index in [1.807, 2.05) is 12.1 Å². The lowest BCUT2D eigenvalue weighted by atomic mass is 10.3. The molecule has 2 aromatic rings. The lowest BCUT2D eigenvalue weighted by Crippen LogP contribution is -2.03. The van der Waals surface area contributed by atoms with Crippen LogP contribution in [0.15, 0.2) is 47.9 Å². The van der Waals surface area contributed by atoms with Gasteiger partial charge in [0.1, 0.15) is 5.03 Å². The summed E-state index contributed by atoms with van der Waals surface area (Å²) in [5.41, 5.74) is 7.07. The molecule has 2 aromatic heterocycles. The summed E-state index contributed by atoms with van der Waals surface area (Å²) >= 11 is 0. The van der Waals surface area contributed by atoms with Crippen molar-refractivity contribution in [1.29, 1.82) is 0 Å². The molecule has 1 unspecified atom stereocenters. The molecule has 0 spiro atoms. The molecule has 0 amide bonds. The zero-order valence-electron chi connectivity index (χ0n) is 8.54. The van der Waals surface area contributed by atoms with E-state index in [2.05, 4.69) is 9.97 Å². The van der Waals surface area contributed by atoms with Gasteiger partial charge in [-0.25, -0.2) is 4.98 Å². The number of hydrogen-bond donors (Lipinski definition) is 1. The first-order valence-corrected chi connectivity index (χ1v) is 6.07. The number of anilines is 1. The molecule has 5 heteroatoms. The van der Waals surface area contributed by atoms with Crippen molar-refractivity contribution in [2.45, 2.75) is 10.8 Å². The summed E-state index contributed by atoms with van der Waals surface area (Å²) in [6, 6.07) is 7.11. The second-order valence-corrected chi connectivity index (χ2v) is 4.62. The van der Waals surface area contributed by atoms with Crippen molar-refractivity contribution < 1.29 is 4.21 Å². The summed E-state index contributed by atoms with van der Waals surface area (Å²) in [7, 11) is -1.22. The van der Waals surface area contributed by atoms with Crippen LogP contribution in [0.1, 0.15) is 5.56 Å². The van der Waals surface area contributed by atoms with E-state index in [1.54, 1.807) is 30.7 Å². The Morgan fingerprint density at radius 1 is 1.25 bits per heavy atom. The van der Waals surface area contributed by atoms with Gasteiger partial charge < -0.3 is 5.73 Å². The fourth-order valence-corrected chi connectivity index (χ4v) is 2.42. The highest BCUT2D eigenvalue weighted by molar-refractivity contribution is 7.84. The minimum absolute atomic E-state index is 0.384. The summed E-state index contributed by atoms with van der Waals surface area (Å²) in [5, 5.41) is 0.436. The van der Waals surface area contributed by atoms with Gasteiger partial charge in [0.05, 0.1) is 22.2 Å². The highest BCUT2D eigenvalue weighted by Gasteiger charge is 2.09. The van der Waals surface area contributed by atoms with Crippen molar-refractivity contribution in [3.8, 4) is 0 Å². The molecule has 0 aliphatic rings. The highest BCUT2D eigenvalue weighted by atomic mass is 32.2. The van der Waals surface area contributed by atoms with Crippen LogP contribution in [0.2, 0.25) is 0 Å². The lowest BCUT2D eigenvalue weighted by Gasteiger charge is -2.03. The number of hydrogen-bond acceptors (Lipinski definition) is 4. The van der Waals surface area contributed by atoms with E-state index in [0.717, 1.165) is 5.56 Å². The molecule has 0 aromatic carbocycles. The third-order valence-corrected chi connectivity index (χ3v) is 3.40. The Hall–Kier alpha value is -1.75. The smallest absolute Gasteiger partial charge is 0.150 e. The van der Waals surface area contributed by atoms with Gasteiger partial charge in [-0.2, -0.15) is 0 Å². The monoisotopic (exact) mass is 233 g/mol.